The number of amides is 2. The first-order chi connectivity index (χ1) is 15.7. The van der Waals surface area contributed by atoms with Crippen molar-refractivity contribution >= 4 is 42.2 Å². The normalized spacial score (nSPS) is 18.8. The summed E-state index contributed by atoms with van der Waals surface area (Å²) in [4.78, 5) is 39.4. The quantitative estimate of drug-likeness (QED) is 0.275. The summed E-state index contributed by atoms with van der Waals surface area (Å²) < 4.78 is 0. The zero-order chi connectivity index (χ0) is 24.5. The van der Waals surface area contributed by atoms with Gasteiger partial charge >= 0.3 is 5.97 Å². The van der Waals surface area contributed by atoms with E-state index in [2.05, 4.69) is 23.3 Å². The van der Waals surface area contributed by atoms with Gasteiger partial charge in [0.2, 0.25) is 11.8 Å². The van der Waals surface area contributed by atoms with Crippen molar-refractivity contribution in [3.8, 4) is 0 Å². The van der Waals surface area contributed by atoms with Crippen molar-refractivity contribution in [3.05, 3.63) is 35.4 Å². The number of carboxylic acids is 1. The fourth-order valence-corrected chi connectivity index (χ4v) is 4.47. The van der Waals surface area contributed by atoms with E-state index in [0.717, 1.165) is 11.1 Å². The highest BCUT2D eigenvalue weighted by atomic mass is 32.2. The zero-order valence-electron chi connectivity index (χ0n) is 19.5. The summed E-state index contributed by atoms with van der Waals surface area (Å²) in [6.07, 6.45) is 2.74. The van der Waals surface area contributed by atoms with Gasteiger partial charge in [0.1, 0.15) is 6.04 Å². The maximum atomic E-state index is 13.3. The van der Waals surface area contributed by atoms with Crippen molar-refractivity contribution in [1.82, 2.24) is 15.5 Å². The summed E-state index contributed by atoms with van der Waals surface area (Å²) in [7, 11) is 0. The van der Waals surface area contributed by atoms with Crippen molar-refractivity contribution in [2.24, 2.45) is 11.7 Å². The predicted octanol–water partition coefficient (Wildman–Crippen LogP) is 1.13. The van der Waals surface area contributed by atoms with Crippen molar-refractivity contribution in [2.75, 3.05) is 24.3 Å². The molecular formula is C23H36N4O4S2. The standard InChI is InChI=1S/C23H36N4O4S2/c1-14(2)19(26-21(28)17(24)13-32)12-27-11-16-7-5-4-6-15(16)10-20(27)22(29)25-18(23(30)31)8-9-33-3/h4-7,14,17-20,32H,8-13,24H2,1-3H3,(H,25,29)(H,26,28)(H,30,31)/t17-,18-,19+,20+/m0/s1. The number of carbonyl (C=O) groups excluding carboxylic acids is 2. The molecule has 33 heavy (non-hydrogen) atoms. The number of nitrogens with zero attached hydrogens (tertiary/aromatic N) is 1. The van der Waals surface area contributed by atoms with Crippen molar-refractivity contribution in [1.29, 1.82) is 0 Å². The number of nitrogens with one attached hydrogen (secondary N) is 2. The summed E-state index contributed by atoms with van der Waals surface area (Å²) >= 11 is 5.65. The molecule has 1 aromatic carbocycles. The second kappa shape index (κ2) is 13.2. The van der Waals surface area contributed by atoms with Crippen molar-refractivity contribution < 1.29 is 19.5 Å². The summed E-state index contributed by atoms with van der Waals surface area (Å²) in [5, 5.41) is 15.3. The lowest BCUT2D eigenvalue weighted by atomic mass is 9.91. The van der Waals surface area contributed by atoms with Gasteiger partial charge in [-0.25, -0.2) is 4.79 Å². The summed E-state index contributed by atoms with van der Waals surface area (Å²) in [6, 6.07) is 5.55. The van der Waals surface area contributed by atoms with Gasteiger partial charge in [0.15, 0.2) is 0 Å². The lowest BCUT2D eigenvalue weighted by Crippen LogP contribution is -2.58. The molecule has 1 aliphatic rings. The number of thiol groups is 1. The molecule has 2 amide bonds. The van der Waals surface area contributed by atoms with Crippen molar-refractivity contribution in [2.45, 2.75) is 57.4 Å². The van der Waals surface area contributed by atoms with E-state index in [-0.39, 0.29) is 29.5 Å². The molecule has 0 unspecified atom stereocenters. The van der Waals surface area contributed by atoms with Crippen LogP contribution in [0, 0.1) is 5.92 Å². The minimum Gasteiger partial charge on any atom is -0.480 e. The average Bonchev–Trinajstić information content (AvgIpc) is 2.79. The Balaban J connectivity index is 2.24. The largest absolute Gasteiger partial charge is 0.480 e. The zero-order valence-corrected chi connectivity index (χ0v) is 21.2. The summed E-state index contributed by atoms with van der Waals surface area (Å²) in [5.74, 6) is -0.625. The van der Waals surface area contributed by atoms with Gasteiger partial charge in [-0.05, 0) is 41.9 Å². The molecule has 2 rings (SSSR count). The molecule has 0 fully saturated rings. The Hall–Kier alpha value is -1.75. The minimum absolute atomic E-state index is 0.107. The number of fused-ring (bicyclic) bond motifs is 1. The van der Waals surface area contributed by atoms with Gasteiger partial charge in [-0.2, -0.15) is 24.4 Å². The van der Waals surface area contributed by atoms with Gasteiger partial charge in [-0.1, -0.05) is 38.1 Å². The van der Waals surface area contributed by atoms with E-state index in [0.29, 0.717) is 31.7 Å². The molecule has 1 aromatic rings. The molecule has 0 radical (unpaired) electrons. The number of benzene rings is 1. The predicted molar refractivity (Wildman–Crippen MR) is 136 cm³/mol. The number of hydrogen-bond acceptors (Lipinski definition) is 7. The Kier molecular flexibility index (Phi) is 11.0. The highest BCUT2D eigenvalue weighted by Crippen LogP contribution is 2.25. The molecule has 0 aliphatic carbocycles. The number of nitrogens with two attached hydrogens (primary N) is 1. The second-order valence-electron chi connectivity index (χ2n) is 8.75. The van der Waals surface area contributed by atoms with Crippen LogP contribution in [0.15, 0.2) is 24.3 Å². The van der Waals surface area contributed by atoms with E-state index >= 15 is 0 Å². The molecule has 1 heterocycles. The number of carboxylic acid groups (broad SMARTS) is 1. The van der Waals surface area contributed by atoms with Crippen LogP contribution < -0.4 is 16.4 Å². The third-order valence-electron chi connectivity index (χ3n) is 5.97. The number of carbonyl (C=O) groups is 3. The third-order valence-corrected chi connectivity index (χ3v) is 7.01. The molecule has 0 saturated carbocycles. The highest BCUT2D eigenvalue weighted by Gasteiger charge is 2.35. The SMILES string of the molecule is CSCC[C@H](NC(=O)[C@H]1Cc2ccccc2CN1C[C@@H](NC(=O)[C@@H](N)CS)C(C)C)C(=O)O. The molecule has 184 valence electrons. The molecule has 10 heteroatoms. The van der Waals surface area contributed by atoms with Gasteiger partial charge in [0, 0.05) is 24.9 Å². The first-order valence-electron chi connectivity index (χ1n) is 11.2. The Morgan fingerprint density at radius 2 is 1.91 bits per heavy atom. The molecule has 4 atom stereocenters. The van der Waals surface area contributed by atoms with Gasteiger partial charge in [-0.15, -0.1) is 0 Å². The smallest absolute Gasteiger partial charge is 0.326 e. The number of hydrogen-bond donors (Lipinski definition) is 5. The van der Waals surface area contributed by atoms with E-state index < -0.39 is 24.1 Å². The van der Waals surface area contributed by atoms with Crippen molar-refractivity contribution in [3.63, 3.8) is 0 Å². The van der Waals surface area contributed by atoms with Crippen LogP contribution in [0.1, 0.15) is 31.4 Å². The van der Waals surface area contributed by atoms with E-state index in [1.54, 1.807) is 11.8 Å². The van der Waals surface area contributed by atoms with E-state index in [1.807, 2.05) is 49.3 Å². The van der Waals surface area contributed by atoms with Gasteiger partial charge < -0.3 is 21.5 Å². The molecule has 8 nitrogen and oxygen atoms in total. The Morgan fingerprint density at radius 1 is 1.24 bits per heavy atom. The highest BCUT2D eigenvalue weighted by molar-refractivity contribution is 7.98. The number of thioether (sulfide) groups is 1. The Morgan fingerprint density at radius 3 is 2.48 bits per heavy atom. The lowest BCUT2D eigenvalue weighted by Gasteiger charge is -2.39. The summed E-state index contributed by atoms with van der Waals surface area (Å²) in [5.41, 5.74) is 8.04. The maximum absolute atomic E-state index is 13.3. The molecular weight excluding hydrogens is 460 g/mol. The summed E-state index contributed by atoms with van der Waals surface area (Å²) in [6.45, 7) is 4.99. The van der Waals surface area contributed by atoms with E-state index in [1.165, 1.54) is 0 Å². The van der Waals surface area contributed by atoms with Gasteiger partial charge in [-0.3, -0.25) is 14.5 Å². The molecule has 0 bridgehead atoms. The molecule has 1 aliphatic heterocycles. The maximum Gasteiger partial charge on any atom is 0.326 e. The number of aliphatic carboxylic acids is 1. The Labute approximate surface area is 205 Å². The fraction of sp³-hybridized carbons (Fsp3) is 0.609. The minimum atomic E-state index is -1.03. The van der Waals surface area contributed by atoms with E-state index in [9.17, 15) is 19.5 Å². The molecule has 0 spiro atoms. The first-order valence-corrected chi connectivity index (χ1v) is 13.2. The van der Waals surface area contributed by atoms with Gasteiger partial charge in [0.05, 0.1) is 12.1 Å². The average molecular weight is 497 g/mol. The number of rotatable bonds is 12. The third kappa shape index (κ3) is 7.91. The topological polar surface area (TPSA) is 125 Å². The van der Waals surface area contributed by atoms with Crippen LogP contribution >= 0.6 is 24.4 Å². The van der Waals surface area contributed by atoms with Crippen LogP contribution in [0.25, 0.3) is 0 Å². The van der Waals surface area contributed by atoms with Crippen LogP contribution in [-0.2, 0) is 27.3 Å². The van der Waals surface area contributed by atoms with Gasteiger partial charge in [0.25, 0.3) is 0 Å². The Bertz CT molecular complexity index is 823. The molecule has 0 saturated heterocycles. The second-order valence-corrected chi connectivity index (χ2v) is 10.1. The van der Waals surface area contributed by atoms with Crippen LogP contribution in [0.4, 0.5) is 0 Å². The molecule has 0 aromatic heterocycles. The van der Waals surface area contributed by atoms with Crippen LogP contribution in [0.5, 0.6) is 0 Å². The van der Waals surface area contributed by atoms with E-state index in [4.69, 9.17) is 5.73 Å². The lowest BCUT2D eigenvalue weighted by molar-refractivity contribution is -0.143. The van der Waals surface area contributed by atoms with Crippen LogP contribution in [-0.4, -0.2) is 76.3 Å². The molecule has 5 N–H and O–H groups in total. The fourth-order valence-electron chi connectivity index (χ4n) is 3.84. The first kappa shape index (κ1) is 27.5. The monoisotopic (exact) mass is 496 g/mol. The van der Waals surface area contributed by atoms with Crippen LogP contribution in [0.3, 0.4) is 0 Å². The van der Waals surface area contributed by atoms with Crippen LogP contribution in [0.2, 0.25) is 0 Å².